The number of nitrogens with one attached hydrogen (secondary N) is 1. The number of nitrogens with zero attached hydrogens (tertiary/aromatic N) is 2. The molecule has 21 heavy (non-hydrogen) atoms. The Bertz CT molecular complexity index is 456. The molecule has 1 amide bonds. The first-order valence-corrected chi connectivity index (χ1v) is 6.83. The first-order chi connectivity index (χ1) is 9.77. The lowest BCUT2D eigenvalue weighted by Crippen LogP contribution is -2.37. The van der Waals surface area contributed by atoms with E-state index in [9.17, 15) is 23.1 Å². The molecule has 1 rings (SSSR count). The number of rotatable bonds is 7. The lowest BCUT2D eigenvalue weighted by molar-refractivity contribution is -0.141. The van der Waals surface area contributed by atoms with Crippen molar-refractivity contribution in [3.8, 4) is 0 Å². The smallest absolute Gasteiger partial charge is 0.391 e. The highest BCUT2D eigenvalue weighted by molar-refractivity contribution is 5.75. The molecule has 1 aromatic rings. The maximum Gasteiger partial charge on any atom is 0.435 e. The van der Waals surface area contributed by atoms with Gasteiger partial charge in [0.15, 0.2) is 5.69 Å². The molecule has 2 N–H and O–H groups in total. The van der Waals surface area contributed by atoms with Gasteiger partial charge in [0.05, 0.1) is 6.10 Å². The van der Waals surface area contributed by atoms with Crippen LogP contribution in [0.1, 0.15) is 32.4 Å². The lowest BCUT2D eigenvalue weighted by Gasteiger charge is -2.20. The molecule has 0 fully saturated rings. The molecule has 1 unspecified atom stereocenters. The number of aliphatic hydroxyl groups excluding tert-OH is 1. The van der Waals surface area contributed by atoms with E-state index in [-0.39, 0.29) is 19.0 Å². The Morgan fingerprint density at radius 3 is 2.52 bits per heavy atom. The van der Waals surface area contributed by atoms with Gasteiger partial charge in [-0.3, -0.25) is 9.48 Å². The summed E-state index contributed by atoms with van der Waals surface area (Å²) in [5.41, 5.74) is -1.03. The van der Waals surface area contributed by atoms with Crippen molar-refractivity contribution < 1.29 is 23.1 Å². The van der Waals surface area contributed by atoms with Crippen molar-refractivity contribution in [2.75, 3.05) is 6.54 Å². The van der Waals surface area contributed by atoms with Crippen molar-refractivity contribution >= 4 is 5.91 Å². The minimum absolute atomic E-state index is 0.0819. The van der Waals surface area contributed by atoms with Crippen molar-refractivity contribution in [1.82, 2.24) is 15.1 Å². The largest absolute Gasteiger partial charge is 0.435 e. The maximum absolute atomic E-state index is 12.3. The highest BCUT2D eigenvalue weighted by Gasteiger charge is 2.33. The summed E-state index contributed by atoms with van der Waals surface area (Å²) in [6, 6.07) is 0.812. The highest BCUT2D eigenvalue weighted by atomic mass is 19.4. The molecule has 0 spiro atoms. The standard InChI is InChI=1S/C13H20F3N3O2/c1-3-9(4-2)10(20)7-17-12(21)8-19-6-5-11(18-19)13(14,15)16/h5-6,9-10,20H,3-4,7-8H2,1-2H3,(H,17,21). The molecule has 0 radical (unpaired) electrons. The van der Waals surface area contributed by atoms with E-state index in [2.05, 4.69) is 10.4 Å². The second-order valence-electron chi connectivity index (χ2n) is 4.84. The summed E-state index contributed by atoms with van der Waals surface area (Å²) in [5, 5.41) is 15.6. The summed E-state index contributed by atoms with van der Waals surface area (Å²) in [6.45, 7) is 3.66. The number of halogens is 3. The first kappa shape index (κ1) is 17.5. The van der Waals surface area contributed by atoms with Crippen LogP contribution in [-0.4, -0.2) is 33.4 Å². The van der Waals surface area contributed by atoms with Crippen LogP contribution in [0, 0.1) is 5.92 Å². The normalized spacial score (nSPS) is 13.5. The monoisotopic (exact) mass is 307 g/mol. The van der Waals surface area contributed by atoms with Crippen molar-refractivity contribution in [3.63, 3.8) is 0 Å². The Morgan fingerprint density at radius 2 is 2.05 bits per heavy atom. The molecule has 0 aromatic carbocycles. The third-order valence-electron chi connectivity index (χ3n) is 3.34. The molecule has 1 aromatic heterocycles. The number of carbonyl (C=O) groups is 1. The Balaban J connectivity index is 2.46. The molecule has 120 valence electrons. The summed E-state index contributed by atoms with van der Waals surface area (Å²) in [5.74, 6) is -0.399. The van der Waals surface area contributed by atoms with Crippen LogP contribution in [0.25, 0.3) is 0 Å². The topological polar surface area (TPSA) is 67.2 Å². The number of alkyl halides is 3. The number of aliphatic hydroxyl groups is 1. The van der Waals surface area contributed by atoms with E-state index in [4.69, 9.17) is 0 Å². The van der Waals surface area contributed by atoms with E-state index < -0.39 is 23.9 Å². The highest BCUT2D eigenvalue weighted by Crippen LogP contribution is 2.27. The molecule has 0 aliphatic rings. The lowest BCUT2D eigenvalue weighted by atomic mass is 9.96. The van der Waals surface area contributed by atoms with E-state index in [1.165, 1.54) is 0 Å². The first-order valence-electron chi connectivity index (χ1n) is 6.83. The number of aromatic nitrogens is 2. The van der Waals surface area contributed by atoms with Crippen LogP contribution in [0.2, 0.25) is 0 Å². The van der Waals surface area contributed by atoms with Gasteiger partial charge in [-0.2, -0.15) is 18.3 Å². The predicted octanol–water partition coefficient (Wildman–Crippen LogP) is 1.82. The van der Waals surface area contributed by atoms with Gasteiger partial charge in [0.2, 0.25) is 5.91 Å². The van der Waals surface area contributed by atoms with Gasteiger partial charge in [0.1, 0.15) is 6.54 Å². The molecular weight excluding hydrogens is 287 g/mol. The minimum Gasteiger partial charge on any atom is -0.391 e. The number of carbonyl (C=O) groups excluding carboxylic acids is 1. The van der Waals surface area contributed by atoms with E-state index in [1.54, 1.807) is 0 Å². The predicted molar refractivity (Wildman–Crippen MR) is 70.3 cm³/mol. The Hall–Kier alpha value is -1.57. The van der Waals surface area contributed by atoms with Crippen LogP contribution in [0.4, 0.5) is 13.2 Å². The molecule has 0 aliphatic heterocycles. The zero-order chi connectivity index (χ0) is 16.0. The van der Waals surface area contributed by atoms with E-state index in [0.717, 1.165) is 29.8 Å². The Kier molecular flexibility index (Phi) is 6.19. The van der Waals surface area contributed by atoms with Gasteiger partial charge in [-0.25, -0.2) is 0 Å². The van der Waals surface area contributed by atoms with Crippen LogP contribution < -0.4 is 5.32 Å². The van der Waals surface area contributed by atoms with Crippen LogP contribution in [0.3, 0.4) is 0 Å². The summed E-state index contributed by atoms with van der Waals surface area (Å²) >= 11 is 0. The third-order valence-corrected chi connectivity index (χ3v) is 3.34. The number of amides is 1. The number of hydrogen-bond acceptors (Lipinski definition) is 3. The van der Waals surface area contributed by atoms with Crippen LogP contribution in [-0.2, 0) is 17.5 Å². The summed E-state index contributed by atoms with van der Waals surface area (Å²) < 4.78 is 38.0. The summed E-state index contributed by atoms with van der Waals surface area (Å²) in [4.78, 5) is 11.6. The molecule has 8 heteroatoms. The van der Waals surface area contributed by atoms with Crippen molar-refractivity contribution in [2.45, 2.75) is 45.5 Å². The average molecular weight is 307 g/mol. The van der Waals surface area contributed by atoms with Crippen LogP contribution >= 0.6 is 0 Å². The molecule has 1 atom stereocenters. The maximum atomic E-state index is 12.3. The van der Waals surface area contributed by atoms with Gasteiger partial charge in [0.25, 0.3) is 0 Å². The number of hydrogen-bond donors (Lipinski definition) is 2. The van der Waals surface area contributed by atoms with E-state index in [1.807, 2.05) is 13.8 Å². The zero-order valence-corrected chi connectivity index (χ0v) is 12.0. The van der Waals surface area contributed by atoms with Crippen LogP contribution in [0.5, 0.6) is 0 Å². The molecule has 0 saturated carbocycles. The summed E-state index contributed by atoms with van der Waals surface area (Å²) in [6.07, 6.45) is -2.50. The molecular formula is C13H20F3N3O2. The van der Waals surface area contributed by atoms with Crippen molar-refractivity contribution in [1.29, 1.82) is 0 Å². The molecule has 0 saturated heterocycles. The second kappa shape index (κ2) is 7.44. The van der Waals surface area contributed by atoms with Gasteiger partial charge >= 0.3 is 6.18 Å². The average Bonchev–Trinajstić information content (AvgIpc) is 2.86. The van der Waals surface area contributed by atoms with Gasteiger partial charge < -0.3 is 10.4 Å². The third kappa shape index (κ3) is 5.37. The van der Waals surface area contributed by atoms with Crippen molar-refractivity contribution in [2.24, 2.45) is 5.92 Å². The van der Waals surface area contributed by atoms with E-state index in [0.29, 0.717) is 0 Å². The SMILES string of the molecule is CCC(CC)C(O)CNC(=O)Cn1ccc(C(F)(F)F)n1. The fourth-order valence-electron chi connectivity index (χ4n) is 2.02. The second-order valence-corrected chi connectivity index (χ2v) is 4.84. The zero-order valence-electron chi connectivity index (χ0n) is 12.0. The molecule has 0 aliphatic carbocycles. The fourth-order valence-corrected chi connectivity index (χ4v) is 2.02. The van der Waals surface area contributed by atoms with Gasteiger partial charge in [-0.1, -0.05) is 26.7 Å². The summed E-state index contributed by atoms with van der Waals surface area (Å²) in [7, 11) is 0. The fraction of sp³-hybridized carbons (Fsp3) is 0.692. The molecule has 1 heterocycles. The Labute approximate surface area is 121 Å². The van der Waals surface area contributed by atoms with Crippen molar-refractivity contribution in [3.05, 3.63) is 18.0 Å². The van der Waals surface area contributed by atoms with E-state index >= 15 is 0 Å². The quantitative estimate of drug-likeness (QED) is 0.807. The van der Waals surface area contributed by atoms with Gasteiger partial charge in [0, 0.05) is 12.7 Å². The van der Waals surface area contributed by atoms with Crippen LogP contribution in [0.15, 0.2) is 12.3 Å². The minimum atomic E-state index is -4.52. The Morgan fingerprint density at radius 1 is 1.43 bits per heavy atom. The van der Waals surface area contributed by atoms with Gasteiger partial charge in [-0.05, 0) is 12.0 Å². The molecule has 0 bridgehead atoms. The molecule has 5 nitrogen and oxygen atoms in total. The van der Waals surface area contributed by atoms with Gasteiger partial charge in [-0.15, -0.1) is 0 Å².